The van der Waals surface area contributed by atoms with E-state index < -0.39 is 11.9 Å². The number of benzene rings is 3. The fourth-order valence-corrected chi connectivity index (χ4v) is 3.63. The lowest BCUT2D eigenvalue weighted by Gasteiger charge is -2.35. The van der Waals surface area contributed by atoms with E-state index in [4.69, 9.17) is 5.73 Å². The van der Waals surface area contributed by atoms with Crippen molar-refractivity contribution in [1.29, 1.82) is 0 Å². The molecule has 0 aliphatic carbocycles. The van der Waals surface area contributed by atoms with Crippen LogP contribution in [-0.4, -0.2) is 23.3 Å². The van der Waals surface area contributed by atoms with Crippen LogP contribution in [0.3, 0.4) is 0 Å². The zero-order chi connectivity index (χ0) is 18.8. The molecule has 0 saturated carbocycles. The van der Waals surface area contributed by atoms with Crippen molar-refractivity contribution in [2.24, 2.45) is 5.73 Å². The van der Waals surface area contributed by atoms with Gasteiger partial charge in [-0.2, -0.15) is 0 Å². The topological polar surface area (TPSA) is 63.4 Å². The van der Waals surface area contributed by atoms with Crippen molar-refractivity contribution < 1.29 is 9.59 Å². The van der Waals surface area contributed by atoms with Crippen LogP contribution in [-0.2, 0) is 11.2 Å². The maximum Gasteiger partial charge on any atom is 0.254 e. The van der Waals surface area contributed by atoms with E-state index in [0.717, 1.165) is 22.3 Å². The molecule has 4 nitrogen and oxygen atoms in total. The number of fused-ring (bicyclic) bond motifs is 1. The minimum atomic E-state index is -0.746. The molecule has 3 aromatic rings. The van der Waals surface area contributed by atoms with E-state index in [0.29, 0.717) is 18.5 Å². The summed E-state index contributed by atoms with van der Waals surface area (Å²) in [7, 11) is 0. The largest absolute Gasteiger partial charge is 0.368 e. The summed E-state index contributed by atoms with van der Waals surface area (Å²) in [6.45, 7) is 0.456. The third kappa shape index (κ3) is 3.22. The van der Waals surface area contributed by atoms with Gasteiger partial charge in [0, 0.05) is 12.1 Å². The molecule has 1 heterocycles. The van der Waals surface area contributed by atoms with E-state index in [2.05, 4.69) is 6.07 Å². The van der Waals surface area contributed by atoms with Crippen LogP contribution in [0.1, 0.15) is 27.5 Å². The van der Waals surface area contributed by atoms with Crippen molar-refractivity contribution in [3.05, 3.63) is 95.6 Å². The van der Waals surface area contributed by atoms with Gasteiger partial charge in [0.1, 0.15) is 6.04 Å². The Labute approximate surface area is 158 Å². The van der Waals surface area contributed by atoms with Crippen LogP contribution in [0.2, 0.25) is 0 Å². The predicted molar refractivity (Wildman–Crippen MR) is 104 cm³/mol. The van der Waals surface area contributed by atoms with Crippen molar-refractivity contribution in [3.63, 3.8) is 0 Å². The van der Waals surface area contributed by atoms with Crippen LogP contribution >= 0.6 is 0 Å². The Balaban J connectivity index is 1.63. The average Bonchev–Trinajstić information content (AvgIpc) is 2.73. The first-order valence-corrected chi connectivity index (χ1v) is 8.90. The molecule has 0 fully saturated rings. The second kappa shape index (κ2) is 7.08. The fourth-order valence-electron chi connectivity index (χ4n) is 3.63. The van der Waals surface area contributed by atoms with Crippen molar-refractivity contribution in [2.45, 2.75) is 12.5 Å². The number of amides is 2. The van der Waals surface area contributed by atoms with Crippen molar-refractivity contribution >= 4 is 11.8 Å². The van der Waals surface area contributed by atoms with Crippen LogP contribution in [0.15, 0.2) is 72.8 Å². The molecule has 2 N–H and O–H groups in total. The molecule has 2 amide bonds. The standard InChI is InChI=1S/C23H19N2O2/c24-22(26)21-20-9-5-4-8-18(20)14-15-25(21)23(27)19-12-10-17(11-13-19)16-6-2-1-3-7-16/h1-3,5-13,21H,14-15H2,(H2,24,26). The molecule has 0 spiro atoms. The van der Waals surface area contributed by atoms with Crippen molar-refractivity contribution in [2.75, 3.05) is 6.54 Å². The normalized spacial score (nSPS) is 15.9. The molecule has 133 valence electrons. The fraction of sp³-hybridized carbons (Fsp3) is 0.130. The Kier molecular flexibility index (Phi) is 4.47. The van der Waals surface area contributed by atoms with Gasteiger partial charge in [-0.25, -0.2) is 0 Å². The van der Waals surface area contributed by atoms with Gasteiger partial charge in [-0.05, 0) is 46.9 Å². The van der Waals surface area contributed by atoms with Gasteiger partial charge in [0.15, 0.2) is 0 Å². The quantitative estimate of drug-likeness (QED) is 0.783. The summed E-state index contributed by atoms with van der Waals surface area (Å²) in [5.74, 6) is -0.701. The van der Waals surface area contributed by atoms with E-state index in [1.807, 2.05) is 54.6 Å². The molecule has 1 unspecified atom stereocenters. The Morgan fingerprint density at radius 2 is 1.67 bits per heavy atom. The molecule has 1 atom stereocenters. The summed E-state index contributed by atoms with van der Waals surface area (Å²) < 4.78 is 0. The monoisotopic (exact) mass is 355 g/mol. The lowest BCUT2D eigenvalue weighted by Crippen LogP contribution is -2.45. The maximum atomic E-state index is 13.1. The minimum absolute atomic E-state index is 0.183. The van der Waals surface area contributed by atoms with Gasteiger partial charge >= 0.3 is 0 Å². The molecule has 0 aromatic heterocycles. The third-order valence-corrected chi connectivity index (χ3v) is 4.99. The summed E-state index contributed by atoms with van der Waals surface area (Å²) in [5, 5.41) is 0. The molecule has 0 bridgehead atoms. The highest BCUT2D eigenvalue weighted by molar-refractivity contribution is 5.98. The highest BCUT2D eigenvalue weighted by Crippen LogP contribution is 2.31. The number of hydrogen-bond donors (Lipinski definition) is 1. The summed E-state index contributed by atoms with van der Waals surface area (Å²) in [5.41, 5.74) is 10.1. The third-order valence-electron chi connectivity index (χ3n) is 4.99. The van der Waals surface area contributed by atoms with Gasteiger partial charge in [0.2, 0.25) is 5.91 Å². The number of carbonyl (C=O) groups excluding carboxylic acids is 2. The first-order chi connectivity index (χ1) is 13.1. The number of primary amides is 1. The minimum Gasteiger partial charge on any atom is -0.368 e. The van der Waals surface area contributed by atoms with E-state index >= 15 is 0 Å². The maximum absolute atomic E-state index is 13.1. The number of nitrogens with two attached hydrogens (primary N) is 1. The van der Waals surface area contributed by atoms with E-state index in [9.17, 15) is 9.59 Å². The highest BCUT2D eigenvalue weighted by atomic mass is 16.2. The van der Waals surface area contributed by atoms with E-state index in [1.54, 1.807) is 23.1 Å². The second-order valence-corrected chi connectivity index (χ2v) is 6.62. The van der Waals surface area contributed by atoms with Crippen LogP contribution in [0.25, 0.3) is 11.1 Å². The van der Waals surface area contributed by atoms with Crippen molar-refractivity contribution in [1.82, 2.24) is 4.90 Å². The predicted octanol–water partition coefficient (Wildman–Crippen LogP) is 3.38. The zero-order valence-electron chi connectivity index (χ0n) is 14.8. The molecular weight excluding hydrogens is 336 g/mol. The van der Waals surface area contributed by atoms with Gasteiger partial charge in [0.25, 0.3) is 5.91 Å². The molecule has 4 heteroatoms. The second-order valence-electron chi connectivity index (χ2n) is 6.62. The van der Waals surface area contributed by atoms with Crippen molar-refractivity contribution in [3.8, 4) is 11.1 Å². The number of carbonyl (C=O) groups is 2. The van der Waals surface area contributed by atoms with E-state index in [1.165, 1.54) is 0 Å². The summed E-state index contributed by atoms with van der Waals surface area (Å²) in [4.78, 5) is 26.8. The van der Waals surface area contributed by atoms with Gasteiger partial charge in [0.05, 0.1) is 0 Å². The molecule has 27 heavy (non-hydrogen) atoms. The molecule has 1 aliphatic rings. The van der Waals surface area contributed by atoms with Gasteiger partial charge in [-0.3, -0.25) is 9.59 Å². The molecule has 0 saturated heterocycles. The molecule has 1 aliphatic heterocycles. The van der Waals surface area contributed by atoms with Gasteiger partial charge < -0.3 is 10.6 Å². The molecule has 4 rings (SSSR count). The summed E-state index contributed by atoms with van der Waals surface area (Å²) in [6, 6.07) is 25.1. The summed E-state index contributed by atoms with van der Waals surface area (Å²) in [6.07, 6.45) is 0.685. The molecular formula is C23H19N2O2. The Morgan fingerprint density at radius 1 is 0.963 bits per heavy atom. The smallest absolute Gasteiger partial charge is 0.254 e. The van der Waals surface area contributed by atoms with Gasteiger partial charge in [-0.15, -0.1) is 0 Å². The van der Waals surface area contributed by atoms with Crippen LogP contribution in [0, 0.1) is 6.07 Å². The number of nitrogens with zero attached hydrogens (tertiary/aromatic N) is 1. The Hall–Kier alpha value is -3.40. The van der Waals surface area contributed by atoms with Gasteiger partial charge in [-0.1, -0.05) is 60.7 Å². The SMILES string of the molecule is NC(=O)C1c2cc[c]cc2CCN1C(=O)c1ccc(-c2ccccc2)cc1. The highest BCUT2D eigenvalue weighted by Gasteiger charge is 2.34. The Bertz CT molecular complexity index is 981. The average molecular weight is 355 g/mol. The first-order valence-electron chi connectivity index (χ1n) is 8.90. The van der Waals surface area contributed by atoms with Crippen LogP contribution in [0.4, 0.5) is 0 Å². The zero-order valence-corrected chi connectivity index (χ0v) is 14.8. The summed E-state index contributed by atoms with van der Waals surface area (Å²) >= 11 is 0. The lowest BCUT2D eigenvalue weighted by molar-refractivity contribution is -0.123. The first kappa shape index (κ1) is 17.0. The van der Waals surface area contributed by atoms with Crippen LogP contribution in [0.5, 0.6) is 0 Å². The van der Waals surface area contributed by atoms with Crippen LogP contribution < -0.4 is 5.73 Å². The molecule has 3 aromatic carbocycles. The number of rotatable bonds is 3. The van der Waals surface area contributed by atoms with E-state index in [-0.39, 0.29) is 5.91 Å². The molecule has 1 radical (unpaired) electrons. The Morgan fingerprint density at radius 3 is 2.37 bits per heavy atom. The number of hydrogen-bond acceptors (Lipinski definition) is 2. The lowest BCUT2D eigenvalue weighted by atomic mass is 9.91.